The minimum atomic E-state index is -4.50. The number of halogens is 3. The molecule has 0 heterocycles. The largest absolute Gasteiger partial charge is 0.481 e. The maximum absolute atomic E-state index is 11.9. The van der Waals surface area contributed by atoms with Crippen LogP contribution in [0.5, 0.6) is 0 Å². The Hall–Kier alpha value is -1.80. The lowest BCUT2D eigenvalue weighted by Crippen LogP contribution is -2.43. The van der Waals surface area contributed by atoms with E-state index in [1.807, 2.05) is 0 Å². The average molecular weight is 310 g/mol. The van der Waals surface area contributed by atoms with E-state index in [1.165, 1.54) is 0 Å². The number of carbonyl (C=O) groups is 3. The van der Waals surface area contributed by atoms with Crippen molar-refractivity contribution in [3.63, 3.8) is 0 Å². The van der Waals surface area contributed by atoms with Crippen LogP contribution >= 0.6 is 0 Å². The molecule has 9 heteroatoms. The first-order valence-electron chi connectivity index (χ1n) is 6.53. The zero-order chi connectivity index (χ0) is 16.0. The molecule has 0 radical (unpaired) electrons. The first-order chi connectivity index (χ1) is 9.69. The van der Waals surface area contributed by atoms with Crippen molar-refractivity contribution in [1.82, 2.24) is 10.6 Å². The van der Waals surface area contributed by atoms with Crippen molar-refractivity contribution >= 4 is 17.8 Å². The highest BCUT2D eigenvalue weighted by Crippen LogP contribution is 2.29. The highest BCUT2D eigenvalue weighted by molar-refractivity contribution is 5.86. The summed E-state index contributed by atoms with van der Waals surface area (Å²) in [5.41, 5.74) is 0. The topological polar surface area (TPSA) is 95.5 Å². The molecule has 0 aliphatic heterocycles. The molecule has 2 amide bonds. The molecular weight excluding hydrogens is 293 g/mol. The molecule has 0 aromatic heterocycles. The summed E-state index contributed by atoms with van der Waals surface area (Å²) in [6.07, 6.45) is -2.70. The van der Waals surface area contributed by atoms with Crippen molar-refractivity contribution in [2.45, 2.75) is 31.9 Å². The van der Waals surface area contributed by atoms with E-state index in [2.05, 4.69) is 5.32 Å². The maximum atomic E-state index is 11.9. The molecule has 1 aliphatic carbocycles. The van der Waals surface area contributed by atoms with Crippen molar-refractivity contribution in [1.29, 1.82) is 0 Å². The summed E-state index contributed by atoms with van der Waals surface area (Å²) in [5, 5.41) is 12.8. The van der Waals surface area contributed by atoms with Gasteiger partial charge in [-0.05, 0) is 19.3 Å². The van der Waals surface area contributed by atoms with E-state index in [9.17, 15) is 27.6 Å². The standard InChI is InChI=1S/C12H17F3N2O4/c13-12(14,15)6-17-9(18)5-16-10(19)7-2-1-3-8(4-7)11(20)21/h7-8H,1-6H2,(H,16,19)(H,17,18)(H,20,21). The monoisotopic (exact) mass is 310 g/mol. The number of hydrogen-bond acceptors (Lipinski definition) is 3. The Balaban J connectivity index is 2.33. The Morgan fingerprint density at radius 1 is 1.10 bits per heavy atom. The summed E-state index contributed by atoms with van der Waals surface area (Å²) in [6, 6.07) is 0. The molecule has 6 nitrogen and oxygen atoms in total. The van der Waals surface area contributed by atoms with Crippen LogP contribution in [0.1, 0.15) is 25.7 Å². The third kappa shape index (κ3) is 6.46. The van der Waals surface area contributed by atoms with Crippen LogP contribution in [0.15, 0.2) is 0 Å². The molecule has 21 heavy (non-hydrogen) atoms. The molecule has 0 saturated heterocycles. The SMILES string of the molecule is O=C(CNC(=O)C1CCCC(C(=O)O)C1)NCC(F)(F)F. The molecule has 1 saturated carbocycles. The Morgan fingerprint density at radius 2 is 1.71 bits per heavy atom. The van der Waals surface area contributed by atoms with Crippen LogP contribution < -0.4 is 10.6 Å². The second-order valence-electron chi connectivity index (χ2n) is 5.01. The fraction of sp³-hybridized carbons (Fsp3) is 0.750. The van der Waals surface area contributed by atoms with Gasteiger partial charge >= 0.3 is 12.1 Å². The number of alkyl halides is 3. The third-order valence-corrected chi connectivity index (χ3v) is 3.30. The number of carboxylic acid groups (broad SMARTS) is 1. The number of amides is 2. The van der Waals surface area contributed by atoms with Crippen molar-refractivity contribution in [3.8, 4) is 0 Å². The Bertz CT molecular complexity index is 412. The van der Waals surface area contributed by atoms with Gasteiger partial charge < -0.3 is 15.7 Å². The molecule has 2 atom stereocenters. The van der Waals surface area contributed by atoms with Gasteiger partial charge in [0.15, 0.2) is 0 Å². The fourth-order valence-electron chi connectivity index (χ4n) is 2.23. The highest BCUT2D eigenvalue weighted by atomic mass is 19.4. The number of nitrogens with one attached hydrogen (secondary N) is 2. The van der Waals surface area contributed by atoms with Crippen molar-refractivity contribution in [2.24, 2.45) is 11.8 Å². The van der Waals surface area contributed by atoms with E-state index in [-0.39, 0.29) is 6.42 Å². The number of carboxylic acids is 1. The first kappa shape index (κ1) is 17.3. The zero-order valence-corrected chi connectivity index (χ0v) is 11.2. The maximum Gasteiger partial charge on any atom is 0.405 e. The van der Waals surface area contributed by atoms with Crippen LogP contribution in [0.2, 0.25) is 0 Å². The number of aliphatic carboxylic acids is 1. The summed E-state index contributed by atoms with van der Waals surface area (Å²) in [7, 11) is 0. The second-order valence-corrected chi connectivity index (χ2v) is 5.01. The van der Waals surface area contributed by atoms with Gasteiger partial charge in [0.05, 0.1) is 12.5 Å². The van der Waals surface area contributed by atoms with Gasteiger partial charge in [0.25, 0.3) is 0 Å². The van der Waals surface area contributed by atoms with Crippen LogP contribution in [0.25, 0.3) is 0 Å². The Kier molecular flexibility index (Phi) is 5.98. The molecule has 0 aromatic rings. The lowest BCUT2D eigenvalue weighted by molar-refractivity contribution is -0.144. The van der Waals surface area contributed by atoms with Gasteiger partial charge in [0.1, 0.15) is 6.54 Å². The third-order valence-electron chi connectivity index (χ3n) is 3.30. The zero-order valence-electron chi connectivity index (χ0n) is 11.2. The van der Waals surface area contributed by atoms with E-state index < -0.39 is 48.9 Å². The summed E-state index contributed by atoms with van der Waals surface area (Å²) < 4.78 is 35.6. The van der Waals surface area contributed by atoms with E-state index in [0.717, 1.165) is 0 Å². The Morgan fingerprint density at radius 3 is 2.29 bits per heavy atom. The van der Waals surface area contributed by atoms with Gasteiger partial charge in [-0.15, -0.1) is 0 Å². The van der Waals surface area contributed by atoms with Crippen molar-refractivity contribution in [3.05, 3.63) is 0 Å². The van der Waals surface area contributed by atoms with E-state index >= 15 is 0 Å². The number of hydrogen-bond donors (Lipinski definition) is 3. The summed E-state index contributed by atoms with van der Waals surface area (Å²) in [5.74, 6) is -3.51. The summed E-state index contributed by atoms with van der Waals surface area (Å²) in [4.78, 5) is 33.8. The van der Waals surface area contributed by atoms with Crippen LogP contribution in [0, 0.1) is 11.8 Å². The van der Waals surface area contributed by atoms with Crippen molar-refractivity contribution < 1.29 is 32.7 Å². The lowest BCUT2D eigenvalue weighted by atomic mass is 9.81. The molecule has 0 bridgehead atoms. The average Bonchev–Trinajstić information content (AvgIpc) is 2.41. The molecule has 1 rings (SSSR count). The summed E-state index contributed by atoms with van der Waals surface area (Å²) >= 11 is 0. The van der Waals surface area contributed by atoms with Gasteiger partial charge in [0, 0.05) is 5.92 Å². The fourth-order valence-corrected chi connectivity index (χ4v) is 2.23. The highest BCUT2D eigenvalue weighted by Gasteiger charge is 2.31. The molecule has 3 N–H and O–H groups in total. The van der Waals surface area contributed by atoms with Gasteiger partial charge in [-0.2, -0.15) is 13.2 Å². The number of carbonyl (C=O) groups excluding carboxylic acids is 2. The second kappa shape index (κ2) is 7.28. The minimum absolute atomic E-state index is 0.186. The van der Waals surface area contributed by atoms with Gasteiger partial charge in [-0.25, -0.2) is 0 Å². The molecule has 120 valence electrons. The minimum Gasteiger partial charge on any atom is -0.481 e. The van der Waals surface area contributed by atoms with Crippen LogP contribution in [0.4, 0.5) is 13.2 Å². The first-order valence-corrected chi connectivity index (χ1v) is 6.53. The van der Waals surface area contributed by atoms with E-state index in [0.29, 0.717) is 19.3 Å². The molecule has 0 aromatic carbocycles. The molecule has 1 aliphatic rings. The van der Waals surface area contributed by atoms with Crippen LogP contribution in [-0.4, -0.2) is 42.2 Å². The van der Waals surface area contributed by atoms with E-state index in [4.69, 9.17) is 5.11 Å². The lowest BCUT2D eigenvalue weighted by Gasteiger charge is -2.25. The molecular formula is C12H17F3N2O4. The molecule has 1 fully saturated rings. The molecule has 2 unspecified atom stereocenters. The van der Waals surface area contributed by atoms with Crippen LogP contribution in [-0.2, 0) is 14.4 Å². The van der Waals surface area contributed by atoms with Crippen LogP contribution in [0.3, 0.4) is 0 Å². The predicted octanol–water partition coefficient (Wildman–Crippen LogP) is 0.672. The van der Waals surface area contributed by atoms with Gasteiger partial charge in [0.2, 0.25) is 11.8 Å². The quantitative estimate of drug-likeness (QED) is 0.695. The van der Waals surface area contributed by atoms with Gasteiger partial charge in [-0.1, -0.05) is 6.42 Å². The summed E-state index contributed by atoms with van der Waals surface area (Å²) in [6.45, 7) is -2.00. The Labute approximate surface area is 119 Å². The molecule has 0 spiro atoms. The normalized spacial score (nSPS) is 22.4. The van der Waals surface area contributed by atoms with Gasteiger partial charge in [-0.3, -0.25) is 14.4 Å². The predicted molar refractivity (Wildman–Crippen MR) is 65.2 cm³/mol. The smallest absolute Gasteiger partial charge is 0.405 e. The number of rotatable bonds is 5. The van der Waals surface area contributed by atoms with E-state index in [1.54, 1.807) is 5.32 Å². The van der Waals surface area contributed by atoms with Crippen molar-refractivity contribution in [2.75, 3.05) is 13.1 Å².